The number of hydrogen-bond acceptors (Lipinski definition) is 3. The monoisotopic (exact) mass is 239 g/mol. The summed E-state index contributed by atoms with van der Waals surface area (Å²) in [5.41, 5.74) is 5.92. The molecule has 0 bridgehead atoms. The standard InChI is InChI=1S/C12H17NO2S/c13-11-8-4-5-9-12(11)16(14,15)10-6-2-1-3-7-10/h1-3,6-7,11-12H,4-5,8-9,13H2. The Kier molecular flexibility index (Phi) is 3.30. The van der Waals surface area contributed by atoms with Gasteiger partial charge in [0.15, 0.2) is 9.84 Å². The van der Waals surface area contributed by atoms with E-state index in [9.17, 15) is 8.42 Å². The number of hydrogen-bond donors (Lipinski definition) is 1. The average molecular weight is 239 g/mol. The molecule has 2 atom stereocenters. The van der Waals surface area contributed by atoms with Crippen LogP contribution < -0.4 is 5.73 Å². The van der Waals surface area contributed by atoms with Crippen molar-refractivity contribution in [1.29, 1.82) is 0 Å². The van der Waals surface area contributed by atoms with Crippen LogP contribution in [0.4, 0.5) is 0 Å². The van der Waals surface area contributed by atoms with Gasteiger partial charge < -0.3 is 5.73 Å². The van der Waals surface area contributed by atoms with Crippen molar-refractivity contribution in [3.8, 4) is 0 Å². The molecule has 2 N–H and O–H groups in total. The van der Waals surface area contributed by atoms with E-state index >= 15 is 0 Å². The maximum atomic E-state index is 12.3. The first-order valence-electron chi connectivity index (χ1n) is 5.67. The Morgan fingerprint density at radius 3 is 2.31 bits per heavy atom. The van der Waals surface area contributed by atoms with Gasteiger partial charge in [-0.15, -0.1) is 0 Å². The Balaban J connectivity index is 2.32. The topological polar surface area (TPSA) is 60.2 Å². The number of rotatable bonds is 2. The molecule has 4 heteroatoms. The second-order valence-corrected chi connectivity index (χ2v) is 6.51. The summed E-state index contributed by atoms with van der Waals surface area (Å²) >= 11 is 0. The highest BCUT2D eigenvalue weighted by Gasteiger charge is 2.34. The Labute approximate surface area is 96.6 Å². The highest BCUT2D eigenvalue weighted by Crippen LogP contribution is 2.27. The van der Waals surface area contributed by atoms with Crippen molar-refractivity contribution in [2.24, 2.45) is 5.73 Å². The second kappa shape index (κ2) is 4.55. The van der Waals surface area contributed by atoms with Crippen molar-refractivity contribution in [2.75, 3.05) is 0 Å². The molecule has 1 aromatic carbocycles. The molecule has 3 nitrogen and oxygen atoms in total. The fraction of sp³-hybridized carbons (Fsp3) is 0.500. The highest BCUT2D eigenvalue weighted by atomic mass is 32.2. The molecule has 16 heavy (non-hydrogen) atoms. The zero-order valence-corrected chi connectivity index (χ0v) is 9.99. The minimum absolute atomic E-state index is 0.209. The summed E-state index contributed by atoms with van der Waals surface area (Å²) in [7, 11) is -3.24. The molecule has 88 valence electrons. The predicted octanol–water partition coefficient (Wildman–Crippen LogP) is 1.73. The smallest absolute Gasteiger partial charge is 0.182 e. The zero-order valence-electron chi connectivity index (χ0n) is 9.17. The van der Waals surface area contributed by atoms with Gasteiger partial charge >= 0.3 is 0 Å². The van der Waals surface area contributed by atoms with Gasteiger partial charge in [-0.3, -0.25) is 0 Å². The van der Waals surface area contributed by atoms with E-state index in [0.717, 1.165) is 19.3 Å². The summed E-state index contributed by atoms with van der Waals surface area (Å²) in [6.07, 6.45) is 3.52. The van der Waals surface area contributed by atoms with Gasteiger partial charge in [-0.25, -0.2) is 8.42 Å². The van der Waals surface area contributed by atoms with Gasteiger partial charge in [0.1, 0.15) is 0 Å². The van der Waals surface area contributed by atoms with Gasteiger partial charge in [0.25, 0.3) is 0 Å². The van der Waals surface area contributed by atoms with E-state index in [1.807, 2.05) is 6.07 Å². The Bertz CT molecular complexity index is 441. The molecule has 0 aromatic heterocycles. The number of benzene rings is 1. The SMILES string of the molecule is NC1CCCCC1S(=O)(=O)c1ccccc1. The van der Waals surface area contributed by atoms with Gasteiger partial charge in [0, 0.05) is 6.04 Å². The lowest BCUT2D eigenvalue weighted by Crippen LogP contribution is -2.42. The molecule has 1 saturated carbocycles. The first-order valence-corrected chi connectivity index (χ1v) is 7.21. The number of sulfone groups is 1. The van der Waals surface area contributed by atoms with Crippen LogP contribution in [0.3, 0.4) is 0 Å². The molecular weight excluding hydrogens is 222 g/mol. The van der Waals surface area contributed by atoms with Crippen LogP contribution in [0.25, 0.3) is 0 Å². The molecule has 1 aromatic rings. The zero-order chi connectivity index (χ0) is 11.6. The van der Waals surface area contributed by atoms with E-state index < -0.39 is 15.1 Å². The molecule has 0 aliphatic heterocycles. The van der Waals surface area contributed by atoms with Crippen LogP contribution in [0.15, 0.2) is 35.2 Å². The van der Waals surface area contributed by atoms with Crippen LogP contribution in [-0.4, -0.2) is 19.7 Å². The fourth-order valence-corrected chi connectivity index (χ4v) is 4.26. The third-order valence-electron chi connectivity index (χ3n) is 3.22. The molecule has 0 radical (unpaired) electrons. The van der Waals surface area contributed by atoms with E-state index in [1.165, 1.54) is 0 Å². The molecule has 1 aliphatic rings. The summed E-state index contributed by atoms with van der Waals surface area (Å²) < 4.78 is 24.6. The summed E-state index contributed by atoms with van der Waals surface area (Å²) in [6.45, 7) is 0. The van der Waals surface area contributed by atoms with E-state index in [-0.39, 0.29) is 6.04 Å². The highest BCUT2D eigenvalue weighted by molar-refractivity contribution is 7.92. The molecule has 0 amide bonds. The van der Waals surface area contributed by atoms with Crippen molar-refractivity contribution in [2.45, 2.75) is 41.9 Å². The van der Waals surface area contributed by atoms with Crippen molar-refractivity contribution in [1.82, 2.24) is 0 Å². The van der Waals surface area contributed by atoms with E-state index in [0.29, 0.717) is 11.3 Å². The molecule has 0 spiro atoms. The Morgan fingerprint density at radius 2 is 1.69 bits per heavy atom. The molecule has 0 saturated heterocycles. The minimum atomic E-state index is -3.24. The van der Waals surface area contributed by atoms with E-state index in [1.54, 1.807) is 24.3 Å². The van der Waals surface area contributed by atoms with E-state index in [2.05, 4.69) is 0 Å². The maximum Gasteiger partial charge on any atom is 0.182 e. The van der Waals surface area contributed by atoms with Crippen LogP contribution in [-0.2, 0) is 9.84 Å². The minimum Gasteiger partial charge on any atom is -0.327 e. The normalized spacial score (nSPS) is 26.6. The number of nitrogens with two attached hydrogens (primary N) is 1. The lowest BCUT2D eigenvalue weighted by atomic mass is 9.96. The molecule has 2 rings (SSSR count). The van der Waals surface area contributed by atoms with Gasteiger partial charge in [0.05, 0.1) is 10.1 Å². The first kappa shape index (κ1) is 11.6. The molecule has 1 fully saturated rings. The van der Waals surface area contributed by atoms with Crippen LogP contribution >= 0.6 is 0 Å². The summed E-state index contributed by atoms with van der Waals surface area (Å²) in [4.78, 5) is 0.400. The van der Waals surface area contributed by atoms with E-state index in [4.69, 9.17) is 5.73 Å². The van der Waals surface area contributed by atoms with Gasteiger partial charge in [0.2, 0.25) is 0 Å². The van der Waals surface area contributed by atoms with Crippen molar-refractivity contribution < 1.29 is 8.42 Å². The van der Waals surface area contributed by atoms with Crippen molar-refractivity contribution in [3.05, 3.63) is 30.3 Å². The third kappa shape index (κ3) is 2.13. The van der Waals surface area contributed by atoms with Gasteiger partial charge in [-0.1, -0.05) is 31.0 Å². The summed E-state index contributed by atoms with van der Waals surface area (Å²) in [5, 5.41) is -0.399. The van der Waals surface area contributed by atoms with Crippen LogP contribution in [0.5, 0.6) is 0 Å². The van der Waals surface area contributed by atoms with Crippen molar-refractivity contribution >= 4 is 9.84 Å². The first-order chi connectivity index (χ1) is 7.62. The maximum absolute atomic E-state index is 12.3. The molecule has 0 heterocycles. The van der Waals surface area contributed by atoms with Crippen LogP contribution in [0, 0.1) is 0 Å². The summed E-state index contributed by atoms with van der Waals surface area (Å²) in [5.74, 6) is 0. The fourth-order valence-electron chi connectivity index (χ4n) is 2.30. The van der Waals surface area contributed by atoms with Gasteiger partial charge in [-0.2, -0.15) is 0 Å². The van der Waals surface area contributed by atoms with Crippen LogP contribution in [0.2, 0.25) is 0 Å². The third-order valence-corrected chi connectivity index (χ3v) is 5.54. The summed E-state index contributed by atoms with van der Waals surface area (Å²) in [6, 6.07) is 8.41. The Hall–Kier alpha value is -0.870. The van der Waals surface area contributed by atoms with Gasteiger partial charge in [-0.05, 0) is 25.0 Å². The Morgan fingerprint density at radius 1 is 1.06 bits per heavy atom. The lowest BCUT2D eigenvalue weighted by molar-refractivity contribution is 0.432. The predicted molar refractivity (Wildman–Crippen MR) is 63.9 cm³/mol. The molecular formula is C12H17NO2S. The quantitative estimate of drug-likeness (QED) is 0.855. The molecule has 1 aliphatic carbocycles. The largest absolute Gasteiger partial charge is 0.327 e. The average Bonchev–Trinajstić information content (AvgIpc) is 2.30. The van der Waals surface area contributed by atoms with Crippen LogP contribution in [0.1, 0.15) is 25.7 Å². The molecule has 2 unspecified atom stereocenters. The van der Waals surface area contributed by atoms with Crippen molar-refractivity contribution in [3.63, 3.8) is 0 Å². The lowest BCUT2D eigenvalue weighted by Gasteiger charge is -2.28. The second-order valence-electron chi connectivity index (χ2n) is 4.34.